The van der Waals surface area contributed by atoms with E-state index in [1.807, 2.05) is 0 Å². The number of carboxylic acids is 1. The number of aryl methyl sites for hydroxylation is 1. The number of hydrogen-bond donors (Lipinski definition) is 2. The number of nitrogens with zero attached hydrogens (tertiary/aromatic N) is 4. The molecule has 1 aromatic carbocycles. The van der Waals surface area contributed by atoms with Gasteiger partial charge in [0.1, 0.15) is 0 Å². The van der Waals surface area contributed by atoms with Crippen LogP contribution in [0, 0.1) is 0 Å². The lowest BCUT2D eigenvalue weighted by molar-refractivity contribution is -0.142. The molecule has 2 N–H and O–H groups in total. The van der Waals surface area contributed by atoms with Gasteiger partial charge in [-0.25, -0.2) is 8.78 Å². The summed E-state index contributed by atoms with van der Waals surface area (Å²) in [6.07, 6.45) is 0.594. The topological polar surface area (TPSA) is 108 Å². The third kappa shape index (κ3) is 4.98. The zero-order valence-corrected chi connectivity index (χ0v) is 17.3. The largest absolute Gasteiger partial charge is 0.480 e. The monoisotopic (exact) mass is 437 g/mol. The molecule has 9 nitrogen and oxygen atoms in total. The zero-order chi connectivity index (χ0) is 22.8. The van der Waals surface area contributed by atoms with Crippen molar-refractivity contribution in [1.82, 2.24) is 20.0 Å². The molecule has 2 amide bonds. The van der Waals surface area contributed by atoms with E-state index in [0.29, 0.717) is 29.9 Å². The molecule has 1 aliphatic heterocycles. The van der Waals surface area contributed by atoms with Crippen molar-refractivity contribution in [2.24, 2.45) is 7.05 Å². The predicted octanol–water partition coefficient (Wildman–Crippen LogP) is 1.18. The Balaban J connectivity index is 1.81. The van der Waals surface area contributed by atoms with Gasteiger partial charge >= 0.3 is 5.97 Å². The number of rotatable bonds is 8. The van der Waals surface area contributed by atoms with Crippen LogP contribution in [0.4, 0.5) is 14.6 Å². The molecule has 0 bridgehead atoms. The van der Waals surface area contributed by atoms with Gasteiger partial charge in [0.2, 0.25) is 12.3 Å². The van der Waals surface area contributed by atoms with E-state index in [-0.39, 0.29) is 19.4 Å². The molecule has 168 valence electrons. The fourth-order valence-electron chi connectivity index (χ4n) is 4.01. The highest BCUT2D eigenvalue weighted by atomic mass is 19.3. The number of carbonyl (C=O) groups excluding carboxylic acids is 2. The maximum Gasteiger partial charge on any atom is 0.317 e. The molecule has 1 fully saturated rings. The standard InChI is InChI=1S/C20H25F2N5O4/c1-25(7-6-17(29)23-12-28)19-14-4-3-13(9-16(14)26(2)24-19)15-5-8-27(10-18(30)31)11-20(15,21)22/h3-4,9,12,15H,5-8,10-11H2,1-2H3,(H,30,31)(H,23,28,29). The molecule has 2 heterocycles. The summed E-state index contributed by atoms with van der Waals surface area (Å²) in [6.45, 7) is -0.381. The Hall–Kier alpha value is -3.08. The summed E-state index contributed by atoms with van der Waals surface area (Å²) in [6, 6.07) is 5.10. The normalized spacial score (nSPS) is 18.6. The van der Waals surface area contributed by atoms with Crippen LogP contribution in [0.15, 0.2) is 18.2 Å². The van der Waals surface area contributed by atoms with Gasteiger partial charge in [0.15, 0.2) is 5.82 Å². The number of aliphatic carboxylic acids is 1. The van der Waals surface area contributed by atoms with E-state index in [1.165, 1.54) is 4.90 Å². The van der Waals surface area contributed by atoms with Gasteiger partial charge in [0.25, 0.3) is 5.92 Å². The lowest BCUT2D eigenvalue weighted by atomic mass is 9.86. The van der Waals surface area contributed by atoms with Crippen LogP contribution in [0.2, 0.25) is 0 Å². The first-order valence-electron chi connectivity index (χ1n) is 9.85. The third-order valence-electron chi connectivity index (χ3n) is 5.55. The molecule has 3 rings (SSSR count). The number of benzene rings is 1. The third-order valence-corrected chi connectivity index (χ3v) is 5.55. The van der Waals surface area contributed by atoms with Crippen LogP contribution in [-0.4, -0.2) is 77.2 Å². The average Bonchev–Trinajstić information content (AvgIpc) is 3.01. The summed E-state index contributed by atoms with van der Waals surface area (Å²) in [7, 11) is 3.48. The van der Waals surface area contributed by atoms with Crippen LogP contribution in [0.3, 0.4) is 0 Å². The number of halogens is 2. The molecule has 1 aliphatic rings. The maximum atomic E-state index is 14.8. The van der Waals surface area contributed by atoms with Crippen molar-refractivity contribution in [2.75, 3.05) is 38.1 Å². The first-order valence-corrected chi connectivity index (χ1v) is 9.85. The second kappa shape index (κ2) is 8.96. The van der Waals surface area contributed by atoms with Crippen molar-refractivity contribution in [3.8, 4) is 0 Å². The first kappa shape index (κ1) is 22.6. The minimum absolute atomic E-state index is 0.104. The molecule has 0 spiro atoms. The fourth-order valence-corrected chi connectivity index (χ4v) is 4.01. The second-order valence-electron chi connectivity index (χ2n) is 7.79. The summed E-state index contributed by atoms with van der Waals surface area (Å²) in [5, 5.41) is 16.2. The Morgan fingerprint density at radius 1 is 1.42 bits per heavy atom. The van der Waals surface area contributed by atoms with Crippen molar-refractivity contribution in [3.05, 3.63) is 23.8 Å². The first-order chi connectivity index (χ1) is 14.6. The highest BCUT2D eigenvalue weighted by Crippen LogP contribution is 2.41. The molecule has 31 heavy (non-hydrogen) atoms. The second-order valence-corrected chi connectivity index (χ2v) is 7.79. The molecule has 1 saturated heterocycles. The van der Waals surface area contributed by atoms with Gasteiger partial charge in [-0.1, -0.05) is 6.07 Å². The van der Waals surface area contributed by atoms with Gasteiger partial charge in [-0.3, -0.25) is 29.3 Å². The van der Waals surface area contributed by atoms with Crippen molar-refractivity contribution >= 4 is 35.0 Å². The zero-order valence-electron chi connectivity index (χ0n) is 17.3. The van der Waals surface area contributed by atoms with Crippen LogP contribution >= 0.6 is 0 Å². The number of amides is 2. The van der Waals surface area contributed by atoms with Crippen molar-refractivity contribution in [3.63, 3.8) is 0 Å². The molecule has 1 unspecified atom stereocenters. The fraction of sp³-hybridized carbons (Fsp3) is 0.500. The van der Waals surface area contributed by atoms with Crippen LogP contribution in [0.25, 0.3) is 10.9 Å². The SMILES string of the molecule is CN(CCC(=O)NC=O)c1nn(C)c2cc(C3CCN(CC(=O)O)CC3(F)F)ccc12. The Morgan fingerprint density at radius 2 is 2.16 bits per heavy atom. The van der Waals surface area contributed by atoms with Crippen LogP contribution in [0.1, 0.15) is 24.3 Å². The summed E-state index contributed by atoms with van der Waals surface area (Å²) in [4.78, 5) is 35.7. The summed E-state index contributed by atoms with van der Waals surface area (Å²) >= 11 is 0. The van der Waals surface area contributed by atoms with E-state index < -0.39 is 36.8 Å². The average molecular weight is 437 g/mol. The van der Waals surface area contributed by atoms with Gasteiger partial charge in [0.05, 0.1) is 24.5 Å². The van der Waals surface area contributed by atoms with Crippen molar-refractivity contribution < 1.29 is 28.3 Å². The number of alkyl halides is 2. The van der Waals surface area contributed by atoms with E-state index in [9.17, 15) is 23.2 Å². The highest BCUT2D eigenvalue weighted by Gasteiger charge is 2.45. The lowest BCUT2D eigenvalue weighted by Crippen LogP contribution is -2.48. The highest BCUT2D eigenvalue weighted by molar-refractivity contribution is 5.91. The number of piperidine rings is 1. The van der Waals surface area contributed by atoms with Crippen LogP contribution < -0.4 is 10.2 Å². The number of hydrogen-bond acceptors (Lipinski definition) is 6. The Labute approximate surface area is 177 Å². The number of fused-ring (bicyclic) bond motifs is 1. The molecule has 1 aromatic heterocycles. The van der Waals surface area contributed by atoms with Gasteiger partial charge in [-0.15, -0.1) is 0 Å². The lowest BCUT2D eigenvalue weighted by Gasteiger charge is -2.37. The van der Waals surface area contributed by atoms with E-state index in [0.717, 1.165) is 5.39 Å². The summed E-state index contributed by atoms with van der Waals surface area (Å²) in [5.41, 5.74) is 1.16. The molecule has 11 heteroatoms. The predicted molar refractivity (Wildman–Crippen MR) is 109 cm³/mol. The molecule has 1 atom stereocenters. The maximum absolute atomic E-state index is 14.8. The smallest absolute Gasteiger partial charge is 0.317 e. The minimum atomic E-state index is -3.05. The molecule has 0 saturated carbocycles. The number of aromatic nitrogens is 2. The van der Waals surface area contributed by atoms with Crippen LogP contribution in [-0.2, 0) is 21.4 Å². The number of nitrogens with one attached hydrogen (secondary N) is 1. The molecular weight excluding hydrogens is 412 g/mol. The summed E-state index contributed by atoms with van der Waals surface area (Å²) in [5.74, 6) is -4.98. The van der Waals surface area contributed by atoms with Crippen molar-refractivity contribution in [2.45, 2.75) is 24.7 Å². The van der Waals surface area contributed by atoms with Gasteiger partial charge in [-0.05, 0) is 30.7 Å². The minimum Gasteiger partial charge on any atom is -0.480 e. The molecule has 2 aromatic rings. The molecular formula is C20H25F2N5O4. The molecule has 0 aliphatic carbocycles. The number of carbonyl (C=O) groups is 3. The van der Waals surface area contributed by atoms with Gasteiger partial charge < -0.3 is 10.0 Å². The quantitative estimate of drug-likeness (QED) is 0.597. The van der Waals surface area contributed by atoms with Gasteiger partial charge in [-0.2, -0.15) is 5.10 Å². The Kier molecular flexibility index (Phi) is 6.54. The Bertz CT molecular complexity index is 993. The molecule has 0 radical (unpaired) electrons. The van der Waals surface area contributed by atoms with E-state index in [4.69, 9.17) is 5.11 Å². The number of likely N-dealkylation sites (tertiary alicyclic amines) is 1. The van der Waals surface area contributed by atoms with Gasteiger partial charge in [0, 0.05) is 32.4 Å². The number of carboxylic acid groups (broad SMARTS) is 1. The van der Waals surface area contributed by atoms with E-state index in [2.05, 4.69) is 10.4 Å². The number of imide groups is 1. The summed E-state index contributed by atoms with van der Waals surface area (Å²) < 4.78 is 31.2. The van der Waals surface area contributed by atoms with Crippen LogP contribution in [0.5, 0.6) is 0 Å². The van der Waals surface area contributed by atoms with Crippen molar-refractivity contribution in [1.29, 1.82) is 0 Å². The Morgan fingerprint density at radius 3 is 2.81 bits per heavy atom. The number of anilines is 1. The van der Waals surface area contributed by atoms with E-state index >= 15 is 0 Å². The van der Waals surface area contributed by atoms with E-state index in [1.54, 1.807) is 41.9 Å².